The van der Waals surface area contributed by atoms with Gasteiger partial charge in [0.15, 0.2) is 0 Å². The third-order valence-electron chi connectivity index (χ3n) is 4.01. The number of urea groups is 1. The van der Waals surface area contributed by atoms with Crippen molar-refractivity contribution in [2.45, 2.75) is 6.92 Å². The van der Waals surface area contributed by atoms with E-state index in [-0.39, 0.29) is 12.3 Å². The fourth-order valence-corrected chi connectivity index (χ4v) is 3.46. The first-order valence-corrected chi connectivity index (χ1v) is 9.44. The van der Waals surface area contributed by atoms with E-state index in [0.29, 0.717) is 21.8 Å². The van der Waals surface area contributed by atoms with Gasteiger partial charge in [0.2, 0.25) is 11.7 Å². The van der Waals surface area contributed by atoms with Gasteiger partial charge in [0.25, 0.3) is 0 Å². The molecule has 0 fully saturated rings. The minimum absolute atomic E-state index is 0.219. The number of ketones is 1. The number of benzene rings is 2. The van der Waals surface area contributed by atoms with Gasteiger partial charge >= 0.3 is 6.03 Å². The highest BCUT2D eigenvalue weighted by Crippen LogP contribution is 2.26. The second-order valence-corrected chi connectivity index (χ2v) is 7.12. The lowest BCUT2D eigenvalue weighted by Gasteiger charge is -2.24. The number of nitrogens with zero attached hydrogens (tertiary/aromatic N) is 1. The van der Waals surface area contributed by atoms with Crippen LogP contribution in [-0.2, 0) is 4.79 Å². The van der Waals surface area contributed by atoms with Crippen LogP contribution < -0.4 is 16.0 Å². The van der Waals surface area contributed by atoms with E-state index >= 15 is 0 Å². The van der Waals surface area contributed by atoms with E-state index in [2.05, 4.69) is 5.32 Å². The molecule has 0 aliphatic carbocycles. The Kier molecular flexibility index (Phi) is 5.86. The Bertz CT molecular complexity index is 1020. The first-order valence-electron chi connectivity index (χ1n) is 8.56. The predicted octanol–water partition coefficient (Wildman–Crippen LogP) is 3.81. The Labute approximate surface area is 166 Å². The van der Waals surface area contributed by atoms with Gasteiger partial charge in [-0.25, -0.2) is 4.79 Å². The summed E-state index contributed by atoms with van der Waals surface area (Å²) in [5, 5.41) is 4.57. The fraction of sp³-hybridized carbons (Fsp3) is 0.0952. The second kappa shape index (κ2) is 8.49. The predicted molar refractivity (Wildman–Crippen MR) is 111 cm³/mol. The summed E-state index contributed by atoms with van der Waals surface area (Å²) in [6, 6.07) is 16.9. The molecule has 0 atom stereocenters. The van der Waals surface area contributed by atoms with Gasteiger partial charge in [0.05, 0.1) is 10.6 Å². The molecule has 1 heterocycles. The second-order valence-electron chi connectivity index (χ2n) is 6.18. The third kappa shape index (κ3) is 4.44. The number of aryl methyl sites for hydroxylation is 1. The fourth-order valence-electron chi connectivity index (χ4n) is 2.78. The molecule has 3 aromatic rings. The number of carbonyl (C=O) groups is 3. The lowest BCUT2D eigenvalue weighted by Crippen LogP contribution is -2.42. The normalized spacial score (nSPS) is 10.3. The largest absolute Gasteiger partial charge is 0.368 e. The van der Waals surface area contributed by atoms with E-state index in [1.165, 1.54) is 16.2 Å². The number of para-hydroxylation sites is 1. The van der Waals surface area contributed by atoms with E-state index in [1.807, 2.05) is 30.5 Å². The van der Waals surface area contributed by atoms with Crippen molar-refractivity contribution in [3.8, 4) is 0 Å². The topological polar surface area (TPSA) is 92.5 Å². The van der Waals surface area contributed by atoms with E-state index in [9.17, 15) is 14.4 Å². The summed E-state index contributed by atoms with van der Waals surface area (Å²) in [7, 11) is 0. The van der Waals surface area contributed by atoms with Gasteiger partial charge in [-0.3, -0.25) is 14.5 Å². The van der Waals surface area contributed by atoms with Gasteiger partial charge in [-0.2, -0.15) is 0 Å². The highest BCUT2D eigenvalue weighted by molar-refractivity contribution is 7.12. The molecule has 0 saturated carbocycles. The van der Waals surface area contributed by atoms with E-state index in [4.69, 9.17) is 5.73 Å². The van der Waals surface area contributed by atoms with Crippen LogP contribution in [-0.4, -0.2) is 24.3 Å². The van der Waals surface area contributed by atoms with Crippen molar-refractivity contribution in [2.24, 2.45) is 5.73 Å². The number of anilines is 2. The first kappa shape index (κ1) is 19.3. The highest BCUT2D eigenvalue weighted by Gasteiger charge is 2.24. The van der Waals surface area contributed by atoms with E-state index in [0.717, 1.165) is 5.56 Å². The molecule has 3 rings (SSSR count). The molecule has 1 aromatic heterocycles. The van der Waals surface area contributed by atoms with Crippen molar-refractivity contribution >= 4 is 40.4 Å². The van der Waals surface area contributed by atoms with Crippen LogP contribution in [0.3, 0.4) is 0 Å². The molecule has 6 nitrogen and oxygen atoms in total. The average Bonchev–Trinajstić information content (AvgIpc) is 3.20. The number of amides is 3. The molecule has 0 radical (unpaired) electrons. The maximum Gasteiger partial charge on any atom is 0.326 e. The molecule has 28 heavy (non-hydrogen) atoms. The highest BCUT2D eigenvalue weighted by atomic mass is 32.1. The van der Waals surface area contributed by atoms with Crippen molar-refractivity contribution in [1.29, 1.82) is 0 Å². The summed E-state index contributed by atoms with van der Waals surface area (Å²) >= 11 is 1.31. The zero-order valence-corrected chi connectivity index (χ0v) is 16.0. The van der Waals surface area contributed by atoms with Crippen molar-refractivity contribution in [1.82, 2.24) is 0 Å². The number of hydrogen-bond donors (Lipinski definition) is 2. The van der Waals surface area contributed by atoms with Crippen molar-refractivity contribution < 1.29 is 14.4 Å². The number of nitrogens with two attached hydrogens (primary N) is 1. The molecule has 142 valence electrons. The number of carbonyl (C=O) groups excluding carboxylic acids is 3. The Hall–Kier alpha value is -3.45. The molecule has 3 N–H and O–H groups in total. The quantitative estimate of drug-likeness (QED) is 0.624. The number of nitrogens with one attached hydrogen (secondary N) is 1. The molecule has 0 spiro atoms. The van der Waals surface area contributed by atoms with Crippen LogP contribution in [0.25, 0.3) is 0 Å². The number of thiophene rings is 1. The van der Waals surface area contributed by atoms with Gasteiger partial charge in [0.1, 0.15) is 6.54 Å². The number of hydrogen-bond acceptors (Lipinski definition) is 4. The molecule has 7 heteroatoms. The van der Waals surface area contributed by atoms with Gasteiger partial charge in [0, 0.05) is 11.3 Å². The zero-order valence-electron chi connectivity index (χ0n) is 15.2. The van der Waals surface area contributed by atoms with Gasteiger partial charge in [-0.05, 0) is 48.2 Å². The standard InChI is InChI=1S/C21H19N3O3S/c1-14-6-4-7-15(12-14)23-21(27)24(13-19(22)25)17-9-3-2-8-16(17)20(26)18-10-5-11-28-18/h2-12H,13H2,1H3,(H2,22,25)(H,23,27). The smallest absolute Gasteiger partial charge is 0.326 e. The van der Waals surface area contributed by atoms with Gasteiger partial charge < -0.3 is 11.1 Å². The minimum atomic E-state index is -0.683. The van der Waals surface area contributed by atoms with Gasteiger partial charge in [-0.15, -0.1) is 11.3 Å². The molecular weight excluding hydrogens is 374 g/mol. The summed E-state index contributed by atoms with van der Waals surface area (Å²) in [4.78, 5) is 39.2. The SMILES string of the molecule is Cc1cccc(NC(=O)N(CC(N)=O)c2ccccc2C(=O)c2cccs2)c1. The molecular formula is C21H19N3O3S. The third-order valence-corrected chi connectivity index (χ3v) is 4.88. The van der Waals surface area contributed by atoms with Crippen LogP contribution >= 0.6 is 11.3 Å². The van der Waals surface area contributed by atoms with E-state index in [1.54, 1.807) is 42.5 Å². The zero-order chi connectivity index (χ0) is 20.1. The molecule has 2 aromatic carbocycles. The minimum Gasteiger partial charge on any atom is -0.368 e. The Morgan fingerprint density at radius 3 is 2.50 bits per heavy atom. The lowest BCUT2D eigenvalue weighted by molar-refractivity contribution is -0.116. The van der Waals surface area contributed by atoms with Crippen LogP contribution in [0.5, 0.6) is 0 Å². The van der Waals surface area contributed by atoms with Crippen molar-refractivity contribution in [3.63, 3.8) is 0 Å². The van der Waals surface area contributed by atoms with Crippen LogP contribution in [0, 0.1) is 6.92 Å². The van der Waals surface area contributed by atoms with Crippen LogP contribution in [0.4, 0.5) is 16.2 Å². The van der Waals surface area contributed by atoms with Crippen LogP contribution in [0.15, 0.2) is 66.0 Å². The summed E-state index contributed by atoms with van der Waals surface area (Å²) in [5.74, 6) is -0.902. The summed E-state index contributed by atoms with van der Waals surface area (Å²) in [6.07, 6.45) is 0. The molecule has 0 aliphatic heterocycles. The van der Waals surface area contributed by atoms with E-state index < -0.39 is 11.9 Å². The maximum absolute atomic E-state index is 12.9. The summed E-state index contributed by atoms with van der Waals surface area (Å²) in [5.41, 5.74) is 7.58. The Morgan fingerprint density at radius 2 is 1.82 bits per heavy atom. The maximum atomic E-state index is 12.9. The van der Waals surface area contributed by atoms with Crippen LogP contribution in [0.2, 0.25) is 0 Å². The molecule has 0 unspecified atom stereocenters. The molecule has 3 amide bonds. The molecule has 0 bridgehead atoms. The lowest BCUT2D eigenvalue weighted by atomic mass is 10.1. The van der Waals surface area contributed by atoms with Crippen molar-refractivity contribution in [3.05, 3.63) is 82.0 Å². The molecule has 0 saturated heterocycles. The average molecular weight is 393 g/mol. The number of rotatable bonds is 6. The van der Waals surface area contributed by atoms with Gasteiger partial charge in [-0.1, -0.05) is 30.3 Å². The molecule has 0 aliphatic rings. The monoisotopic (exact) mass is 393 g/mol. The summed E-state index contributed by atoms with van der Waals surface area (Å²) < 4.78 is 0. The van der Waals surface area contributed by atoms with Crippen molar-refractivity contribution in [2.75, 3.05) is 16.8 Å². The van der Waals surface area contributed by atoms with Crippen LogP contribution in [0.1, 0.15) is 20.8 Å². The Morgan fingerprint density at radius 1 is 1.04 bits per heavy atom. The number of primary amides is 1. The first-order chi connectivity index (χ1) is 13.5. The summed E-state index contributed by atoms with van der Waals surface area (Å²) in [6.45, 7) is 1.55. The Balaban J connectivity index is 1.97.